The lowest BCUT2D eigenvalue weighted by Crippen LogP contribution is -2.11. The van der Waals surface area contributed by atoms with Gasteiger partial charge < -0.3 is 14.2 Å². The average Bonchev–Trinajstić information content (AvgIpc) is 2.46. The van der Waals surface area contributed by atoms with Crippen molar-refractivity contribution in [1.82, 2.24) is 0 Å². The highest BCUT2D eigenvalue weighted by molar-refractivity contribution is 5.42. The molecule has 3 nitrogen and oxygen atoms in total. The van der Waals surface area contributed by atoms with Gasteiger partial charge in [-0.2, -0.15) is 0 Å². The zero-order valence-corrected chi connectivity index (χ0v) is 11.9. The summed E-state index contributed by atoms with van der Waals surface area (Å²) in [6.45, 7) is 5.09. The summed E-state index contributed by atoms with van der Waals surface area (Å²) in [4.78, 5) is 0. The van der Waals surface area contributed by atoms with Gasteiger partial charge in [0.25, 0.3) is 0 Å². The first-order chi connectivity index (χ1) is 9.75. The lowest BCUT2D eigenvalue weighted by molar-refractivity contribution is 0.0548. The Kier molecular flexibility index (Phi) is 5.44. The van der Waals surface area contributed by atoms with Crippen molar-refractivity contribution in [3.8, 4) is 17.2 Å². The van der Waals surface area contributed by atoms with Gasteiger partial charge >= 0.3 is 0 Å². The quantitative estimate of drug-likeness (QED) is 0.704. The highest BCUT2D eigenvalue weighted by Gasteiger charge is 2.05. The van der Waals surface area contributed by atoms with Crippen molar-refractivity contribution in [2.75, 3.05) is 13.2 Å². The Bertz CT molecular complexity index is 509. The van der Waals surface area contributed by atoms with E-state index in [1.54, 1.807) is 0 Å². The van der Waals surface area contributed by atoms with Crippen LogP contribution in [-0.4, -0.2) is 19.3 Å². The van der Waals surface area contributed by atoms with Crippen molar-refractivity contribution in [2.24, 2.45) is 0 Å². The maximum atomic E-state index is 5.82. The first-order valence-electron chi connectivity index (χ1n) is 6.82. The number of para-hydroxylation sites is 3. The van der Waals surface area contributed by atoms with Crippen LogP contribution in [0.5, 0.6) is 17.2 Å². The second-order valence-electron chi connectivity index (χ2n) is 4.63. The summed E-state index contributed by atoms with van der Waals surface area (Å²) in [5.41, 5.74) is 0. The maximum Gasteiger partial charge on any atom is 0.169 e. The second-order valence-corrected chi connectivity index (χ2v) is 4.63. The van der Waals surface area contributed by atoms with Gasteiger partial charge in [0, 0.05) is 0 Å². The predicted octanol–water partition coefficient (Wildman–Crippen LogP) is 4.28. The molecule has 0 aliphatic carbocycles. The maximum absolute atomic E-state index is 5.82. The Hall–Kier alpha value is -2.00. The van der Waals surface area contributed by atoms with Gasteiger partial charge in [-0.15, -0.1) is 0 Å². The van der Waals surface area contributed by atoms with Gasteiger partial charge in [0.15, 0.2) is 11.5 Å². The molecule has 2 aromatic rings. The fourth-order valence-electron chi connectivity index (χ4n) is 1.70. The lowest BCUT2D eigenvalue weighted by Gasteiger charge is -2.13. The molecule has 0 fully saturated rings. The van der Waals surface area contributed by atoms with E-state index in [1.165, 1.54) is 0 Å². The van der Waals surface area contributed by atoms with E-state index in [-0.39, 0.29) is 6.10 Å². The number of hydrogen-bond acceptors (Lipinski definition) is 3. The Morgan fingerprint density at radius 3 is 2.15 bits per heavy atom. The summed E-state index contributed by atoms with van der Waals surface area (Å²) < 4.78 is 17.0. The van der Waals surface area contributed by atoms with Crippen molar-refractivity contribution >= 4 is 0 Å². The summed E-state index contributed by atoms with van der Waals surface area (Å²) >= 11 is 0. The van der Waals surface area contributed by atoms with Gasteiger partial charge in [-0.05, 0) is 38.1 Å². The molecule has 0 unspecified atom stereocenters. The Balaban J connectivity index is 1.96. The van der Waals surface area contributed by atoms with Crippen molar-refractivity contribution < 1.29 is 14.2 Å². The van der Waals surface area contributed by atoms with Crippen LogP contribution in [0.15, 0.2) is 54.6 Å². The molecule has 2 rings (SSSR count). The van der Waals surface area contributed by atoms with E-state index in [9.17, 15) is 0 Å². The van der Waals surface area contributed by atoms with Crippen LogP contribution >= 0.6 is 0 Å². The third kappa shape index (κ3) is 4.59. The zero-order valence-electron chi connectivity index (χ0n) is 11.9. The molecule has 0 saturated heterocycles. The van der Waals surface area contributed by atoms with Crippen LogP contribution in [0.25, 0.3) is 0 Å². The molecule has 0 aliphatic heterocycles. The highest BCUT2D eigenvalue weighted by atomic mass is 16.5. The van der Waals surface area contributed by atoms with Crippen LogP contribution in [0.1, 0.15) is 13.8 Å². The van der Waals surface area contributed by atoms with Crippen LogP contribution in [0.3, 0.4) is 0 Å². The number of benzene rings is 2. The van der Waals surface area contributed by atoms with E-state index < -0.39 is 0 Å². The number of rotatable bonds is 7. The largest absolute Gasteiger partial charge is 0.487 e. The molecule has 0 atom stereocenters. The minimum absolute atomic E-state index is 0.217. The topological polar surface area (TPSA) is 27.7 Å². The van der Waals surface area contributed by atoms with Gasteiger partial charge in [-0.1, -0.05) is 30.3 Å². The second kappa shape index (κ2) is 7.56. The molecule has 0 radical (unpaired) electrons. The summed E-state index contributed by atoms with van der Waals surface area (Å²) in [6, 6.07) is 17.3. The predicted molar refractivity (Wildman–Crippen MR) is 79.5 cm³/mol. The molecule has 106 valence electrons. The minimum Gasteiger partial charge on any atom is -0.487 e. The van der Waals surface area contributed by atoms with E-state index in [1.807, 2.05) is 68.4 Å². The van der Waals surface area contributed by atoms with Crippen LogP contribution in [0.2, 0.25) is 0 Å². The van der Waals surface area contributed by atoms with E-state index in [2.05, 4.69) is 0 Å². The third-order valence-corrected chi connectivity index (χ3v) is 2.61. The monoisotopic (exact) mass is 272 g/mol. The van der Waals surface area contributed by atoms with Gasteiger partial charge in [-0.25, -0.2) is 0 Å². The molecule has 0 amide bonds. The lowest BCUT2D eigenvalue weighted by atomic mass is 10.3. The molecule has 0 bridgehead atoms. The number of ether oxygens (including phenoxy) is 3. The molecule has 0 aromatic heterocycles. The van der Waals surface area contributed by atoms with Crippen LogP contribution in [0, 0.1) is 0 Å². The first kappa shape index (κ1) is 14.4. The summed E-state index contributed by atoms with van der Waals surface area (Å²) in [5, 5.41) is 0. The normalized spacial score (nSPS) is 10.6. The molecule has 20 heavy (non-hydrogen) atoms. The molecule has 0 heterocycles. The summed E-state index contributed by atoms with van der Waals surface area (Å²) in [5.74, 6) is 2.23. The smallest absolute Gasteiger partial charge is 0.169 e. The fraction of sp³-hybridized carbons (Fsp3) is 0.294. The molecule has 0 aliphatic rings. The van der Waals surface area contributed by atoms with Crippen LogP contribution in [0.4, 0.5) is 0 Å². The van der Waals surface area contributed by atoms with E-state index >= 15 is 0 Å². The summed E-state index contributed by atoms with van der Waals surface area (Å²) in [6.07, 6.45) is 0.217. The van der Waals surface area contributed by atoms with Crippen molar-refractivity contribution in [3.05, 3.63) is 54.6 Å². The van der Waals surface area contributed by atoms with Gasteiger partial charge in [0.1, 0.15) is 12.4 Å². The first-order valence-corrected chi connectivity index (χ1v) is 6.82. The SMILES string of the molecule is CC(C)OCCOc1ccccc1Oc1ccccc1. The van der Waals surface area contributed by atoms with Gasteiger partial charge in [0.05, 0.1) is 12.7 Å². The zero-order chi connectivity index (χ0) is 14.2. The number of hydrogen-bond donors (Lipinski definition) is 0. The molecule has 0 spiro atoms. The van der Waals surface area contributed by atoms with Crippen LogP contribution in [-0.2, 0) is 4.74 Å². The minimum atomic E-state index is 0.217. The van der Waals surface area contributed by atoms with Gasteiger partial charge in [0.2, 0.25) is 0 Å². The molecule has 0 saturated carbocycles. The van der Waals surface area contributed by atoms with Crippen molar-refractivity contribution in [2.45, 2.75) is 20.0 Å². The van der Waals surface area contributed by atoms with Crippen molar-refractivity contribution in [3.63, 3.8) is 0 Å². The van der Waals surface area contributed by atoms with E-state index in [0.29, 0.717) is 19.0 Å². The summed E-state index contributed by atoms with van der Waals surface area (Å²) in [7, 11) is 0. The molecular formula is C17H20O3. The molecule has 3 heteroatoms. The van der Waals surface area contributed by atoms with E-state index in [4.69, 9.17) is 14.2 Å². The third-order valence-electron chi connectivity index (χ3n) is 2.61. The van der Waals surface area contributed by atoms with E-state index in [0.717, 1.165) is 11.5 Å². The Morgan fingerprint density at radius 1 is 0.800 bits per heavy atom. The Morgan fingerprint density at radius 2 is 1.45 bits per heavy atom. The average molecular weight is 272 g/mol. The van der Waals surface area contributed by atoms with Crippen molar-refractivity contribution in [1.29, 1.82) is 0 Å². The molecule has 0 N–H and O–H groups in total. The van der Waals surface area contributed by atoms with Gasteiger partial charge in [-0.3, -0.25) is 0 Å². The van der Waals surface area contributed by atoms with Crippen LogP contribution < -0.4 is 9.47 Å². The molecular weight excluding hydrogens is 252 g/mol. The molecule has 2 aromatic carbocycles. The standard InChI is InChI=1S/C17H20O3/c1-14(2)18-12-13-19-16-10-6-7-11-17(16)20-15-8-4-3-5-9-15/h3-11,14H,12-13H2,1-2H3. The Labute approximate surface area is 120 Å². The fourth-order valence-corrected chi connectivity index (χ4v) is 1.70. The highest BCUT2D eigenvalue weighted by Crippen LogP contribution is 2.30.